The third kappa shape index (κ3) is 3.74. The molecule has 1 aromatic carbocycles. The first-order valence-electron chi connectivity index (χ1n) is 7.51. The Kier molecular flexibility index (Phi) is 5.80. The van der Waals surface area contributed by atoms with Gasteiger partial charge in [0, 0.05) is 16.5 Å². The fraction of sp³-hybridized carbons (Fsp3) is 0.353. The van der Waals surface area contributed by atoms with Crippen LogP contribution >= 0.6 is 11.3 Å². The van der Waals surface area contributed by atoms with Gasteiger partial charge in [0.2, 0.25) is 0 Å². The van der Waals surface area contributed by atoms with Crippen LogP contribution in [0.4, 0.5) is 0 Å². The topological polar surface area (TPSA) is 67.2 Å². The van der Waals surface area contributed by atoms with Crippen LogP contribution in [0.15, 0.2) is 33.9 Å². The number of para-hydroxylation sites is 1. The van der Waals surface area contributed by atoms with E-state index >= 15 is 0 Å². The van der Waals surface area contributed by atoms with E-state index in [4.69, 9.17) is 4.74 Å². The number of hydrogen-bond acceptors (Lipinski definition) is 5. The largest absolute Gasteiger partial charge is 0.493 e. The van der Waals surface area contributed by atoms with E-state index in [2.05, 4.69) is 6.07 Å². The minimum absolute atomic E-state index is 0.0512. The lowest BCUT2D eigenvalue weighted by molar-refractivity contribution is 0.318. The van der Waals surface area contributed by atoms with Gasteiger partial charge in [-0.1, -0.05) is 32.0 Å². The van der Waals surface area contributed by atoms with Gasteiger partial charge < -0.3 is 4.74 Å². The molecule has 23 heavy (non-hydrogen) atoms. The second kappa shape index (κ2) is 7.62. The standard InChI is InChI=1S/C17H19NO3S2/c1-3-9-21-16-8-6-5-7-13(16)15-12-22-17(14(15)11-18)23(19,20)10-4-2/h5-8,12H,3-4,9-10H2,1-2H3. The van der Waals surface area contributed by atoms with Crippen molar-refractivity contribution in [2.24, 2.45) is 0 Å². The molecule has 0 amide bonds. The lowest BCUT2D eigenvalue weighted by Crippen LogP contribution is -2.05. The smallest absolute Gasteiger partial charge is 0.189 e. The highest BCUT2D eigenvalue weighted by Crippen LogP contribution is 2.39. The number of nitriles is 1. The number of rotatable bonds is 7. The van der Waals surface area contributed by atoms with Gasteiger partial charge in [0.05, 0.1) is 17.9 Å². The Morgan fingerprint density at radius 1 is 1.17 bits per heavy atom. The number of benzene rings is 1. The Balaban J connectivity index is 2.55. The first-order valence-corrected chi connectivity index (χ1v) is 10.0. The van der Waals surface area contributed by atoms with E-state index in [-0.39, 0.29) is 15.5 Å². The van der Waals surface area contributed by atoms with Crippen LogP contribution in [0.2, 0.25) is 0 Å². The predicted octanol–water partition coefficient (Wildman–Crippen LogP) is 4.26. The number of ether oxygens (including phenoxy) is 1. The summed E-state index contributed by atoms with van der Waals surface area (Å²) >= 11 is 1.11. The van der Waals surface area contributed by atoms with Crippen LogP contribution < -0.4 is 4.74 Å². The molecule has 0 spiro atoms. The highest BCUT2D eigenvalue weighted by molar-refractivity contribution is 7.93. The molecule has 0 radical (unpaired) electrons. The van der Waals surface area contributed by atoms with Crippen LogP contribution in [-0.2, 0) is 9.84 Å². The molecule has 0 fully saturated rings. The number of sulfone groups is 1. The van der Waals surface area contributed by atoms with E-state index in [1.807, 2.05) is 38.1 Å². The fourth-order valence-corrected chi connectivity index (χ4v) is 5.17. The third-order valence-corrected chi connectivity index (χ3v) is 6.80. The zero-order chi connectivity index (χ0) is 16.9. The first-order chi connectivity index (χ1) is 11.0. The zero-order valence-corrected chi connectivity index (χ0v) is 14.8. The fourth-order valence-electron chi connectivity index (χ4n) is 2.26. The van der Waals surface area contributed by atoms with E-state index in [0.29, 0.717) is 24.3 Å². The molecule has 0 N–H and O–H groups in total. The molecule has 4 nitrogen and oxygen atoms in total. The average Bonchev–Trinajstić information content (AvgIpc) is 2.97. The Hall–Kier alpha value is -1.84. The van der Waals surface area contributed by atoms with Gasteiger partial charge in [0.25, 0.3) is 0 Å². The van der Waals surface area contributed by atoms with Gasteiger partial charge in [-0.25, -0.2) is 8.42 Å². The molecule has 2 aromatic rings. The van der Waals surface area contributed by atoms with E-state index in [0.717, 1.165) is 23.3 Å². The second-order valence-electron chi connectivity index (χ2n) is 5.09. The van der Waals surface area contributed by atoms with Gasteiger partial charge in [0.1, 0.15) is 16.0 Å². The van der Waals surface area contributed by atoms with Gasteiger partial charge in [0.15, 0.2) is 9.84 Å². The summed E-state index contributed by atoms with van der Waals surface area (Å²) in [5.41, 5.74) is 1.60. The molecular formula is C17H19NO3S2. The minimum Gasteiger partial charge on any atom is -0.493 e. The quantitative estimate of drug-likeness (QED) is 0.749. The lowest BCUT2D eigenvalue weighted by Gasteiger charge is -2.10. The lowest BCUT2D eigenvalue weighted by atomic mass is 10.0. The van der Waals surface area contributed by atoms with Gasteiger partial charge >= 0.3 is 0 Å². The normalized spacial score (nSPS) is 11.2. The predicted molar refractivity (Wildman–Crippen MR) is 92.6 cm³/mol. The van der Waals surface area contributed by atoms with E-state index in [1.165, 1.54) is 0 Å². The van der Waals surface area contributed by atoms with Crippen molar-refractivity contribution in [3.8, 4) is 22.9 Å². The van der Waals surface area contributed by atoms with Crippen molar-refractivity contribution in [3.63, 3.8) is 0 Å². The van der Waals surface area contributed by atoms with Crippen LogP contribution in [0.3, 0.4) is 0 Å². The molecule has 1 heterocycles. The van der Waals surface area contributed by atoms with Crippen LogP contribution in [0.25, 0.3) is 11.1 Å². The Morgan fingerprint density at radius 3 is 2.57 bits per heavy atom. The average molecular weight is 349 g/mol. The Bertz CT molecular complexity index is 817. The molecule has 0 aliphatic rings. The highest BCUT2D eigenvalue weighted by atomic mass is 32.2. The molecule has 0 aliphatic heterocycles. The molecular weight excluding hydrogens is 330 g/mol. The third-order valence-electron chi connectivity index (χ3n) is 3.26. The van der Waals surface area contributed by atoms with Crippen LogP contribution in [-0.4, -0.2) is 20.8 Å². The molecule has 0 atom stereocenters. The van der Waals surface area contributed by atoms with Gasteiger partial charge in [-0.2, -0.15) is 5.26 Å². The van der Waals surface area contributed by atoms with E-state index in [9.17, 15) is 13.7 Å². The summed E-state index contributed by atoms with van der Waals surface area (Å²) in [6.45, 7) is 4.40. The molecule has 1 aromatic heterocycles. The number of hydrogen-bond donors (Lipinski definition) is 0. The monoisotopic (exact) mass is 349 g/mol. The van der Waals surface area contributed by atoms with Gasteiger partial charge in [-0.05, 0) is 18.9 Å². The maximum absolute atomic E-state index is 12.3. The first kappa shape index (κ1) is 17.5. The molecule has 0 saturated carbocycles. The number of thiophene rings is 1. The van der Waals surface area contributed by atoms with Crippen LogP contribution in [0.1, 0.15) is 32.3 Å². The van der Waals surface area contributed by atoms with Crippen molar-refractivity contribution in [2.45, 2.75) is 30.9 Å². The van der Waals surface area contributed by atoms with E-state index in [1.54, 1.807) is 5.38 Å². The van der Waals surface area contributed by atoms with Crippen molar-refractivity contribution in [3.05, 3.63) is 35.2 Å². The summed E-state index contributed by atoms with van der Waals surface area (Å²) in [5.74, 6) is 0.721. The van der Waals surface area contributed by atoms with Gasteiger partial charge in [-0.15, -0.1) is 11.3 Å². The summed E-state index contributed by atoms with van der Waals surface area (Å²) in [4.78, 5) is 0. The van der Waals surface area contributed by atoms with Crippen molar-refractivity contribution in [1.82, 2.24) is 0 Å². The maximum Gasteiger partial charge on any atom is 0.189 e. The van der Waals surface area contributed by atoms with Gasteiger partial charge in [-0.3, -0.25) is 0 Å². The minimum atomic E-state index is -3.41. The molecule has 6 heteroatoms. The Morgan fingerprint density at radius 2 is 1.91 bits per heavy atom. The van der Waals surface area contributed by atoms with E-state index < -0.39 is 9.84 Å². The summed E-state index contributed by atoms with van der Waals surface area (Å²) in [5, 5.41) is 11.2. The maximum atomic E-state index is 12.3. The van der Waals surface area contributed by atoms with Crippen LogP contribution in [0.5, 0.6) is 5.75 Å². The Labute approximate surface area is 141 Å². The van der Waals surface area contributed by atoms with Crippen molar-refractivity contribution in [1.29, 1.82) is 5.26 Å². The van der Waals surface area contributed by atoms with Crippen LogP contribution in [0, 0.1) is 11.3 Å². The molecule has 2 rings (SSSR count). The SMILES string of the molecule is CCCOc1ccccc1-c1csc(S(=O)(=O)CCC)c1C#N. The molecule has 122 valence electrons. The summed E-state index contributed by atoms with van der Waals surface area (Å²) in [6.07, 6.45) is 1.40. The molecule has 0 bridgehead atoms. The zero-order valence-electron chi connectivity index (χ0n) is 13.2. The molecule has 0 saturated heterocycles. The van der Waals surface area contributed by atoms with Crippen molar-refractivity contribution in [2.75, 3.05) is 12.4 Å². The highest BCUT2D eigenvalue weighted by Gasteiger charge is 2.24. The van der Waals surface area contributed by atoms with Crippen molar-refractivity contribution < 1.29 is 13.2 Å². The summed E-state index contributed by atoms with van der Waals surface area (Å²) in [7, 11) is -3.41. The van der Waals surface area contributed by atoms with Crippen molar-refractivity contribution >= 4 is 21.2 Å². The number of nitrogens with zero attached hydrogens (tertiary/aromatic N) is 1. The molecule has 0 aliphatic carbocycles. The second-order valence-corrected chi connectivity index (χ2v) is 8.27. The molecule has 0 unspecified atom stereocenters. The summed E-state index contributed by atoms with van der Waals surface area (Å²) in [6, 6.07) is 9.47. The summed E-state index contributed by atoms with van der Waals surface area (Å²) < 4.78 is 30.6.